The molecule has 1 aromatic heterocycles. The highest BCUT2D eigenvalue weighted by molar-refractivity contribution is 7.73. The van der Waals surface area contributed by atoms with Crippen molar-refractivity contribution in [3.05, 3.63) is 73.5 Å². The first-order valence-corrected chi connectivity index (χ1v) is 9.55. The Labute approximate surface area is 161 Å². The van der Waals surface area contributed by atoms with Gasteiger partial charge in [0.2, 0.25) is 5.88 Å². The van der Waals surface area contributed by atoms with Crippen LogP contribution in [0.2, 0.25) is 0 Å². The lowest BCUT2D eigenvalue weighted by atomic mass is 9.95. The third-order valence-electron chi connectivity index (χ3n) is 4.55. The van der Waals surface area contributed by atoms with Crippen LogP contribution in [0.3, 0.4) is 0 Å². The quantitative estimate of drug-likeness (QED) is 0.571. The van der Waals surface area contributed by atoms with Gasteiger partial charge in [-0.25, -0.2) is 4.99 Å². The Morgan fingerprint density at radius 1 is 1.15 bits per heavy atom. The predicted octanol–water partition coefficient (Wildman–Crippen LogP) is 5.81. The maximum absolute atomic E-state index is 10.4. The normalized spacial score (nSPS) is 14.6. The number of aromatic hydroxyl groups is 1. The van der Waals surface area contributed by atoms with Crippen molar-refractivity contribution in [2.24, 2.45) is 12.0 Å². The summed E-state index contributed by atoms with van der Waals surface area (Å²) >= 11 is 6.71. The lowest BCUT2D eigenvalue weighted by Gasteiger charge is -2.07. The molecule has 0 atom stereocenters. The van der Waals surface area contributed by atoms with E-state index >= 15 is 0 Å². The number of fused-ring (bicyclic) bond motifs is 1. The fourth-order valence-electron chi connectivity index (χ4n) is 3.26. The van der Waals surface area contributed by atoms with Gasteiger partial charge in [0.25, 0.3) is 0 Å². The molecule has 0 unspecified atom stereocenters. The second-order valence-corrected chi connectivity index (χ2v) is 8.15. The molecule has 1 aliphatic rings. The number of thiazole rings is 1. The molecule has 2 aromatic carbocycles. The van der Waals surface area contributed by atoms with E-state index in [4.69, 9.17) is 17.2 Å². The summed E-state index contributed by atoms with van der Waals surface area (Å²) < 4.78 is 2.27. The van der Waals surface area contributed by atoms with Gasteiger partial charge in [-0.3, -0.25) is 4.57 Å². The lowest BCUT2D eigenvalue weighted by molar-refractivity contribution is 0.430. The minimum Gasteiger partial charge on any atom is -0.493 e. The van der Waals surface area contributed by atoms with Gasteiger partial charge in [0.15, 0.2) is 3.95 Å². The summed E-state index contributed by atoms with van der Waals surface area (Å²) in [6, 6.07) is 14.5. The third kappa shape index (κ3) is 2.73. The van der Waals surface area contributed by atoms with Crippen LogP contribution in [0.25, 0.3) is 11.6 Å². The molecule has 26 heavy (non-hydrogen) atoms. The molecular weight excluding hydrogens is 360 g/mol. The van der Waals surface area contributed by atoms with E-state index in [2.05, 4.69) is 38.1 Å². The van der Waals surface area contributed by atoms with Gasteiger partial charge in [-0.15, -0.1) is 11.3 Å². The Bertz CT molecular complexity index is 1130. The first-order chi connectivity index (χ1) is 12.5. The molecule has 3 nitrogen and oxygen atoms in total. The fraction of sp³-hybridized carbons (Fsp3) is 0.143. The van der Waals surface area contributed by atoms with Crippen molar-refractivity contribution >= 4 is 46.6 Å². The van der Waals surface area contributed by atoms with Gasteiger partial charge in [0.1, 0.15) is 0 Å². The summed E-state index contributed by atoms with van der Waals surface area (Å²) in [5.74, 6) is 0.192. The van der Waals surface area contributed by atoms with Crippen molar-refractivity contribution in [2.45, 2.75) is 13.8 Å². The van der Waals surface area contributed by atoms with E-state index in [-0.39, 0.29) is 5.88 Å². The van der Waals surface area contributed by atoms with Crippen molar-refractivity contribution in [3.63, 3.8) is 0 Å². The van der Waals surface area contributed by atoms with E-state index in [1.165, 1.54) is 16.9 Å². The summed E-state index contributed by atoms with van der Waals surface area (Å²) in [5.41, 5.74) is 7.46. The molecule has 3 aromatic rings. The predicted molar refractivity (Wildman–Crippen MR) is 112 cm³/mol. The number of aromatic nitrogens is 1. The van der Waals surface area contributed by atoms with Crippen LogP contribution in [0, 0.1) is 17.8 Å². The van der Waals surface area contributed by atoms with Gasteiger partial charge in [0.05, 0.1) is 16.3 Å². The number of allylic oxidation sites excluding steroid dienone is 1. The maximum atomic E-state index is 10.4. The Morgan fingerprint density at radius 2 is 1.88 bits per heavy atom. The zero-order valence-corrected chi connectivity index (χ0v) is 16.4. The highest BCUT2D eigenvalue weighted by Gasteiger charge is 2.24. The lowest BCUT2D eigenvalue weighted by Crippen LogP contribution is -1.99. The van der Waals surface area contributed by atoms with Crippen molar-refractivity contribution in [3.8, 4) is 5.88 Å². The average molecular weight is 379 g/mol. The Balaban J connectivity index is 1.98. The minimum atomic E-state index is 0.192. The number of hydrogen-bond acceptors (Lipinski definition) is 4. The molecule has 0 saturated carbocycles. The molecule has 0 fully saturated rings. The van der Waals surface area contributed by atoms with E-state index in [1.54, 1.807) is 11.6 Å². The molecule has 130 valence electrons. The van der Waals surface area contributed by atoms with E-state index in [0.29, 0.717) is 3.95 Å². The minimum absolute atomic E-state index is 0.192. The van der Waals surface area contributed by atoms with Crippen LogP contribution in [0.5, 0.6) is 5.88 Å². The van der Waals surface area contributed by atoms with Crippen molar-refractivity contribution in [2.75, 3.05) is 0 Å². The number of nitrogens with zero attached hydrogens (tertiary/aromatic N) is 2. The molecule has 0 amide bonds. The van der Waals surface area contributed by atoms with Crippen LogP contribution in [-0.2, 0) is 7.05 Å². The van der Waals surface area contributed by atoms with Crippen LogP contribution in [-0.4, -0.2) is 15.4 Å². The van der Waals surface area contributed by atoms with E-state index < -0.39 is 0 Å². The molecule has 1 N–H and O–H groups in total. The number of aliphatic imine (C=N–C) groups is 1. The van der Waals surface area contributed by atoms with Crippen LogP contribution in [0.15, 0.2) is 47.5 Å². The van der Waals surface area contributed by atoms with Crippen molar-refractivity contribution < 1.29 is 5.11 Å². The molecule has 0 bridgehead atoms. The Kier molecular flexibility index (Phi) is 4.13. The van der Waals surface area contributed by atoms with Gasteiger partial charge in [-0.05, 0) is 43.8 Å². The summed E-state index contributed by atoms with van der Waals surface area (Å²) in [5, 5.41) is 10.4. The molecule has 4 rings (SSSR count). The van der Waals surface area contributed by atoms with Crippen LogP contribution in [0.1, 0.15) is 27.1 Å². The number of aryl methyl sites for hydroxylation is 2. The van der Waals surface area contributed by atoms with E-state index in [0.717, 1.165) is 38.5 Å². The topological polar surface area (TPSA) is 37.5 Å². The second-order valence-electron chi connectivity index (χ2n) is 6.48. The van der Waals surface area contributed by atoms with Gasteiger partial charge < -0.3 is 5.11 Å². The third-order valence-corrected chi connectivity index (χ3v) is 6.04. The second kappa shape index (κ2) is 6.34. The molecule has 0 saturated heterocycles. The molecule has 0 spiro atoms. The fourth-order valence-corrected chi connectivity index (χ4v) is 4.43. The molecule has 1 aliphatic heterocycles. The van der Waals surface area contributed by atoms with Crippen LogP contribution in [0.4, 0.5) is 5.69 Å². The van der Waals surface area contributed by atoms with Gasteiger partial charge in [-0.1, -0.05) is 42.0 Å². The SMILES string of the molecule is Cc1cc(C)c2c(c1)/C(=C\c1sc(=S)n(C)c1O)C(c1ccccc1)=N2. The Hall–Kier alpha value is -2.50. The van der Waals surface area contributed by atoms with Crippen LogP contribution >= 0.6 is 23.6 Å². The van der Waals surface area contributed by atoms with Crippen molar-refractivity contribution in [1.82, 2.24) is 4.57 Å². The molecule has 0 aliphatic carbocycles. The summed E-state index contributed by atoms with van der Waals surface area (Å²) in [6.45, 7) is 4.18. The first-order valence-electron chi connectivity index (χ1n) is 8.32. The zero-order valence-electron chi connectivity index (χ0n) is 14.8. The van der Waals surface area contributed by atoms with Crippen LogP contribution < -0.4 is 0 Å². The molecule has 0 radical (unpaired) electrons. The number of rotatable bonds is 2. The summed E-state index contributed by atoms with van der Waals surface area (Å²) in [6.07, 6.45) is 2.01. The molecular formula is C21H18N2OS2. The van der Waals surface area contributed by atoms with E-state index in [9.17, 15) is 5.11 Å². The molecule has 2 heterocycles. The monoisotopic (exact) mass is 378 g/mol. The Morgan fingerprint density at radius 3 is 2.54 bits per heavy atom. The van der Waals surface area contributed by atoms with Gasteiger partial charge >= 0.3 is 0 Å². The summed E-state index contributed by atoms with van der Waals surface area (Å²) in [4.78, 5) is 5.69. The van der Waals surface area contributed by atoms with Gasteiger partial charge in [-0.2, -0.15) is 0 Å². The largest absolute Gasteiger partial charge is 0.493 e. The first kappa shape index (κ1) is 16.9. The highest BCUT2D eigenvalue weighted by atomic mass is 32.1. The average Bonchev–Trinajstić information content (AvgIpc) is 3.10. The number of benzene rings is 2. The summed E-state index contributed by atoms with van der Waals surface area (Å²) in [7, 11) is 1.78. The molecule has 5 heteroatoms. The maximum Gasteiger partial charge on any atom is 0.210 e. The number of hydrogen-bond donors (Lipinski definition) is 1. The highest BCUT2D eigenvalue weighted by Crippen LogP contribution is 2.42. The smallest absolute Gasteiger partial charge is 0.210 e. The van der Waals surface area contributed by atoms with Crippen molar-refractivity contribution in [1.29, 1.82) is 0 Å². The zero-order chi connectivity index (χ0) is 18.4. The standard InChI is InChI=1S/C21H18N2OS2/c1-12-9-13(2)18-15(10-12)16(11-17-20(24)23(3)21(25)26-17)19(22-18)14-7-5-4-6-8-14/h4-11,24H,1-3H3/b16-11+. The van der Waals surface area contributed by atoms with E-state index in [1.807, 2.05) is 24.3 Å². The van der Waals surface area contributed by atoms with Gasteiger partial charge in [0, 0.05) is 23.7 Å².